The van der Waals surface area contributed by atoms with Gasteiger partial charge < -0.3 is 10.2 Å². The number of carbonyl (C=O) groups excluding carboxylic acids is 1. The first-order chi connectivity index (χ1) is 17.7. The van der Waals surface area contributed by atoms with Gasteiger partial charge in [0, 0.05) is 27.6 Å². The number of aromatic nitrogens is 1. The Morgan fingerprint density at radius 2 is 1.69 bits per heavy atom. The van der Waals surface area contributed by atoms with Crippen LogP contribution in [-0.4, -0.2) is 35.4 Å². The molecule has 2 heterocycles. The molecule has 1 amide bonds. The molecule has 0 aliphatic carbocycles. The number of halogens is 1. The zero-order valence-corrected chi connectivity index (χ0v) is 21.8. The molecule has 0 bridgehead atoms. The predicted octanol–water partition coefficient (Wildman–Crippen LogP) is 7.53. The molecule has 1 N–H and O–H groups in total. The van der Waals surface area contributed by atoms with Crippen LogP contribution in [-0.2, 0) is 6.42 Å². The van der Waals surface area contributed by atoms with Crippen molar-refractivity contribution in [1.82, 2.24) is 9.88 Å². The fraction of sp³-hybridized carbons (Fsp3) is 0.267. The second-order valence-corrected chi connectivity index (χ2v) is 10.6. The highest BCUT2D eigenvalue weighted by atomic mass is 35.5. The molecule has 1 aliphatic heterocycles. The van der Waals surface area contributed by atoms with E-state index < -0.39 is 0 Å². The summed E-state index contributed by atoms with van der Waals surface area (Å²) in [5.74, 6) is 0.264. The van der Waals surface area contributed by atoms with Crippen LogP contribution in [0.4, 0.5) is 5.69 Å². The summed E-state index contributed by atoms with van der Waals surface area (Å²) >= 11 is 7.65. The lowest BCUT2D eigenvalue weighted by Gasteiger charge is -2.31. The van der Waals surface area contributed by atoms with Crippen LogP contribution < -0.4 is 5.32 Å². The Bertz CT molecular complexity index is 1280. The van der Waals surface area contributed by atoms with E-state index in [4.69, 9.17) is 16.6 Å². The highest BCUT2D eigenvalue weighted by Crippen LogP contribution is 2.32. The topological polar surface area (TPSA) is 45.2 Å². The van der Waals surface area contributed by atoms with E-state index in [9.17, 15) is 4.79 Å². The SMILES string of the molecule is O=C(Nc1ccccc1-c1ccc(Cl)cc1)c1csc(C2CCN(CCCc3ccccc3)CC2)n1. The Morgan fingerprint density at radius 3 is 2.47 bits per heavy atom. The quantitative estimate of drug-likeness (QED) is 0.264. The molecule has 0 spiro atoms. The Morgan fingerprint density at radius 1 is 0.972 bits per heavy atom. The Hall–Kier alpha value is -2.99. The molecule has 1 aromatic heterocycles. The first kappa shape index (κ1) is 24.7. The average Bonchev–Trinajstić information content (AvgIpc) is 3.41. The van der Waals surface area contributed by atoms with Gasteiger partial charge in [-0.1, -0.05) is 72.3 Å². The molecule has 6 heteroatoms. The van der Waals surface area contributed by atoms with Gasteiger partial charge in [-0.05, 0) is 74.6 Å². The minimum atomic E-state index is -0.169. The minimum Gasteiger partial charge on any atom is -0.320 e. The molecule has 1 fully saturated rings. The number of carbonyl (C=O) groups is 1. The molecule has 4 nitrogen and oxygen atoms in total. The number of thiazole rings is 1. The van der Waals surface area contributed by atoms with E-state index in [1.165, 1.54) is 12.0 Å². The van der Waals surface area contributed by atoms with E-state index in [1.807, 2.05) is 53.9 Å². The van der Waals surface area contributed by atoms with Crippen LogP contribution in [0.15, 0.2) is 84.2 Å². The van der Waals surface area contributed by atoms with Crippen LogP contribution in [0.5, 0.6) is 0 Å². The molecular weight excluding hydrogens is 486 g/mol. The standard InChI is InChI=1S/C30H30ClN3OS/c31-25-14-12-23(13-15-25)26-10-4-5-11-27(26)32-29(35)28-21-36-30(33-28)24-16-19-34(20-17-24)18-6-9-22-7-2-1-3-8-22/h1-5,7-8,10-15,21,24H,6,9,16-20H2,(H,32,35). The Balaban J connectivity index is 1.15. The third-order valence-electron chi connectivity index (χ3n) is 6.80. The number of nitrogens with zero attached hydrogens (tertiary/aromatic N) is 2. The van der Waals surface area contributed by atoms with Crippen LogP contribution in [0.2, 0.25) is 5.02 Å². The fourth-order valence-electron chi connectivity index (χ4n) is 4.79. The van der Waals surface area contributed by atoms with E-state index in [2.05, 4.69) is 40.5 Å². The molecule has 0 radical (unpaired) electrons. The van der Waals surface area contributed by atoms with Gasteiger partial charge in [0.25, 0.3) is 5.91 Å². The van der Waals surface area contributed by atoms with Gasteiger partial charge in [-0.15, -0.1) is 11.3 Å². The summed E-state index contributed by atoms with van der Waals surface area (Å²) in [5.41, 5.74) is 4.63. The second-order valence-electron chi connectivity index (χ2n) is 9.28. The number of hydrogen-bond donors (Lipinski definition) is 1. The lowest BCUT2D eigenvalue weighted by atomic mass is 9.97. The van der Waals surface area contributed by atoms with Gasteiger partial charge in [-0.25, -0.2) is 4.98 Å². The van der Waals surface area contributed by atoms with E-state index >= 15 is 0 Å². The molecule has 1 aliphatic rings. The zero-order valence-electron chi connectivity index (χ0n) is 20.2. The number of piperidine rings is 1. The molecule has 0 saturated carbocycles. The van der Waals surface area contributed by atoms with Gasteiger partial charge in [0.15, 0.2) is 0 Å². The molecule has 0 atom stereocenters. The van der Waals surface area contributed by atoms with E-state index in [1.54, 1.807) is 11.3 Å². The maximum Gasteiger partial charge on any atom is 0.275 e. The number of benzene rings is 3. The van der Waals surface area contributed by atoms with Crippen LogP contribution in [0, 0.1) is 0 Å². The lowest BCUT2D eigenvalue weighted by Crippen LogP contribution is -2.33. The zero-order chi connectivity index (χ0) is 24.7. The number of hydrogen-bond acceptors (Lipinski definition) is 4. The molecular formula is C30H30ClN3OS. The maximum absolute atomic E-state index is 13.0. The average molecular weight is 516 g/mol. The summed E-state index contributed by atoms with van der Waals surface area (Å²) in [4.78, 5) is 20.3. The van der Waals surface area contributed by atoms with Crippen LogP contribution in [0.3, 0.4) is 0 Å². The van der Waals surface area contributed by atoms with Crippen LogP contribution >= 0.6 is 22.9 Å². The molecule has 3 aromatic carbocycles. The lowest BCUT2D eigenvalue weighted by molar-refractivity contribution is 0.102. The van der Waals surface area contributed by atoms with Crippen molar-refractivity contribution < 1.29 is 4.79 Å². The number of likely N-dealkylation sites (tertiary alicyclic amines) is 1. The monoisotopic (exact) mass is 515 g/mol. The van der Waals surface area contributed by atoms with Crippen molar-refractivity contribution in [2.24, 2.45) is 0 Å². The van der Waals surface area contributed by atoms with E-state index in [0.717, 1.165) is 60.7 Å². The minimum absolute atomic E-state index is 0.169. The van der Waals surface area contributed by atoms with Gasteiger partial charge in [0.1, 0.15) is 5.69 Å². The van der Waals surface area contributed by atoms with Crippen molar-refractivity contribution >= 4 is 34.5 Å². The van der Waals surface area contributed by atoms with Crippen molar-refractivity contribution in [3.8, 4) is 11.1 Å². The van der Waals surface area contributed by atoms with Gasteiger partial charge in [-0.2, -0.15) is 0 Å². The number of anilines is 1. The summed E-state index contributed by atoms with van der Waals surface area (Å²) < 4.78 is 0. The first-order valence-electron chi connectivity index (χ1n) is 12.5. The van der Waals surface area contributed by atoms with Crippen LogP contribution in [0.25, 0.3) is 11.1 Å². The molecule has 4 aromatic rings. The smallest absolute Gasteiger partial charge is 0.275 e. The summed E-state index contributed by atoms with van der Waals surface area (Å²) in [7, 11) is 0. The summed E-state index contributed by atoms with van der Waals surface area (Å²) in [6.07, 6.45) is 4.51. The van der Waals surface area contributed by atoms with Crippen LogP contribution in [0.1, 0.15) is 46.2 Å². The molecule has 1 saturated heterocycles. The van der Waals surface area contributed by atoms with Gasteiger partial charge in [-0.3, -0.25) is 4.79 Å². The molecule has 5 rings (SSSR count). The number of nitrogens with one attached hydrogen (secondary N) is 1. The van der Waals surface area contributed by atoms with Crippen molar-refractivity contribution in [1.29, 1.82) is 0 Å². The largest absolute Gasteiger partial charge is 0.320 e. The van der Waals surface area contributed by atoms with Crippen molar-refractivity contribution in [2.45, 2.75) is 31.6 Å². The number of rotatable bonds is 8. The molecule has 184 valence electrons. The molecule has 0 unspecified atom stereocenters. The van der Waals surface area contributed by atoms with Gasteiger partial charge in [0.05, 0.1) is 5.01 Å². The van der Waals surface area contributed by atoms with Gasteiger partial charge >= 0.3 is 0 Å². The predicted molar refractivity (Wildman–Crippen MR) is 150 cm³/mol. The normalized spacial score (nSPS) is 14.6. The third kappa shape index (κ3) is 6.22. The highest BCUT2D eigenvalue weighted by molar-refractivity contribution is 7.10. The van der Waals surface area contributed by atoms with E-state index in [-0.39, 0.29) is 5.91 Å². The Labute approximate surface area is 222 Å². The number of aryl methyl sites for hydroxylation is 1. The summed E-state index contributed by atoms with van der Waals surface area (Å²) in [5, 5.41) is 6.72. The number of amides is 1. The second kappa shape index (κ2) is 11.8. The first-order valence-corrected chi connectivity index (χ1v) is 13.8. The fourth-order valence-corrected chi connectivity index (χ4v) is 5.89. The van der Waals surface area contributed by atoms with Crippen molar-refractivity contribution in [3.63, 3.8) is 0 Å². The molecule has 36 heavy (non-hydrogen) atoms. The summed E-state index contributed by atoms with van der Waals surface area (Å²) in [6.45, 7) is 3.32. The third-order valence-corrected chi connectivity index (χ3v) is 8.06. The van der Waals surface area contributed by atoms with Crippen molar-refractivity contribution in [3.05, 3.63) is 106 Å². The van der Waals surface area contributed by atoms with E-state index in [0.29, 0.717) is 16.6 Å². The van der Waals surface area contributed by atoms with Gasteiger partial charge in [0.2, 0.25) is 0 Å². The highest BCUT2D eigenvalue weighted by Gasteiger charge is 2.24. The van der Waals surface area contributed by atoms with Crippen molar-refractivity contribution in [2.75, 3.05) is 25.0 Å². The maximum atomic E-state index is 13.0. The Kier molecular flexibility index (Phi) is 8.11. The number of para-hydroxylation sites is 1. The summed E-state index contributed by atoms with van der Waals surface area (Å²) in [6, 6.07) is 26.2.